The second kappa shape index (κ2) is 2.74. The number of hydrogen-bond donors (Lipinski definition) is 0. The first-order valence-electron chi connectivity index (χ1n) is 2.27. The highest BCUT2D eigenvalue weighted by molar-refractivity contribution is 9.13. The lowest BCUT2D eigenvalue weighted by Gasteiger charge is -2.01. The standard InChI is InChI=1S/C3Br2F3N3/c4-1-2(5)10-11(9-1)3(6,7)8. The maximum Gasteiger partial charge on any atom is 0.521 e. The van der Waals surface area contributed by atoms with Crippen LogP contribution in [0.1, 0.15) is 0 Å². The Morgan fingerprint density at radius 2 is 1.45 bits per heavy atom. The lowest BCUT2D eigenvalue weighted by atomic mass is 11.0. The van der Waals surface area contributed by atoms with Crippen molar-refractivity contribution in [2.24, 2.45) is 0 Å². The van der Waals surface area contributed by atoms with Crippen LogP contribution in [0.25, 0.3) is 0 Å². The highest BCUT2D eigenvalue weighted by Crippen LogP contribution is 2.24. The molecule has 0 radical (unpaired) electrons. The molecule has 1 aromatic rings. The van der Waals surface area contributed by atoms with E-state index in [1.54, 1.807) is 0 Å². The molecular formula is C3Br2F3N3. The summed E-state index contributed by atoms with van der Waals surface area (Å²) in [4.78, 5) is -0.332. The van der Waals surface area contributed by atoms with E-state index in [2.05, 4.69) is 42.1 Å². The Balaban J connectivity index is 3.08. The third-order valence-electron chi connectivity index (χ3n) is 0.762. The van der Waals surface area contributed by atoms with Crippen molar-refractivity contribution in [3.63, 3.8) is 0 Å². The molecule has 0 fully saturated rings. The van der Waals surface area contributed by atoms with Crippen LogP contribution in [0.2, 0.25) is 0 Å². The maximum atomic E-state index is 11.8. The van der Waals surface area contributed by atoms with Gasteiger partial charge in [0.25, 0.3) is 0 Å². The first-order chi connectivity index (χ1) is 4.91. The van der Waals surface area contributed by atoms with Crippen LogP contribution in [0.15, 0.2) is 9.21 Å². The van der Waals surface area contributed by atoms with Gasteiger partial charge >= 0.3 is 6.30 Å². The zero-order chi connectivity index (χ0) is 8.65. The van der Waals surface area contributed by atoms with Gasteiger partial charge in [0.2, 0.25) is 0 Å². The lowest BCUT2D eigenvalue weighted by Crippen LogP contribution is -2.19. The van der Waals surface area contributed by atoms with Crippen molar-refractivity contribution < 1.29 is 13.2 Å². The summed E-state index contributed by atoms with van der Waals surface area (Å²) in [5.74, 6) is 0. The average molecular weight is 295 g/mol. The SMILES string of the molecule is FC(F)(F)n1nc(Br)c(Br)n1. The minimum Gasteiger partial charge on any atom is -0.148 e. The number of nitrogens with zero attached hydrogens (tertiary/aromatic N) is 3. The number of aromatic nitrogens is 3. The van der Waals surface area contributed by atoms with Crippen LogP contribution in [0.3, 0.4) is 0 Å². The summed E-state index contributed by atoms with van der Waals surface area (Å²) < 4.78 is 35.4. The van der Waals surface area contributed by atoms with Gasteiger partial charge in [-0.1, -0.05) is 4.80 Å². The van der Waals surface area contributed by atoms with E-state index < -0.39 is 6.30 Å². The smallest absolute Gasteiger partial charge is 0.148 e. The zero-order valence-electron chi connectivity index (χ0n) is 4.73. The summed E-state index contributed by atoms with van der Waals surface area (Å²) in [6.45, 7) is 0. The molecule has 8 heteroatoms. The van der Waals surface area contributed by atoms with Crippen molar-refractivity contribution in [2.75, 3.05) is 0 Å². The highest BCUT2D eigenvalue weighted by Gasteiger charge is 2.34. The van der Waals surface area contributed by atoms with Crippen LogP contribution >= 0.6 is 31.9 Å². The summed E-state index contributed by atoms with van der Waals surface area (Å²) in [7, 11) is 0. The van der Waals surface area contributed by atoms with Crippen LogP contribution in [-0.4, -0.2) is 15.0 Å². The normalized spacial score (nSPS) is 12.1. The van der Waals surface area contributed by atoms with E-state index in [4.69, 9.17) is 0 Å². The second-order valence-corrected chi connectivity index (χ2v) is 3.04. The molecule has 1 heterocycles. The Kier molecular flexibility index (Phi) is 2.24. The number of hydrogen-bond acceptors (Lipinski definition) is 2. The third-order valence-corrected chi connectivity index (χ3v) is 2.36. The van der Waals surface area contributed by atoms with E-state index in [-0.39, 0.29) is 14.0 Å². The topological polar surface area (TPSA) is 30.7 Å². The Morgan fingerprint density at radius 3 is 1.64 bits per heavy atom. The molecule has 0 amide bonds. The van der Waals surface area contributed by atoms with Gasteiger partial charge in [-0.05, 0) is 31.9 Å². The van der Waals surface area contributed by atoms with Gasteiger partial charge in [0.1, 0.15) is 0 Å². The second-order valence-electron chi connectivity index (χ2n) is 1.54. The fourth-order valence-electron chi connectivity index (χ4n) is 0.385. The molecule has 1 aromatic heterocycles. The van der Waals surface area contributed by atoms with Crippen molar-refractivity contribution in [1.82, 2.24) is 15.0 Å². The first kappa shape index (κ1) is 8.98. The van der Waals surface area contributed by atoms with Crippen molar-refractivity contribution in [2.45, 2.75) is 6.30 Å². The van der Waals surface area contributed by atoms with E-state index >= 15 is 0 Å². The van der Waals surface area contributed by atoms with Crippen LogP contribution in [0.5, 0.6) is 0 Å². The van der Waals surface area contributed by atoms with Gasteiger partial charge in [-0.3, -0.25) is 0 Å². The Bertz CT molecular complexity index is 248. The van der Waals surface area contributed by atoms with E-state index in [9.17, 15) is 13.2 Å². The molecule has 0 aliphatic rings. The molecule has 0 spiro atoms. The quantitative estimate of drug-likeness (QED) is 0.735. The Hall–Kier alpha value is -0.110. The summed E-state index contributed by atoms with van der Waals surface area (Å²) in [6, 6.07) is 0. The average Bonchev–Trinajstić information content (AvgIpc) is 2.11. The molecule has 62 valence electrons. The molecule has 0 bridgehead atoms. The molecule has 1 rings (SSSR count). The molecule has 3 nitrogen and oxygen atoms in total. The fraction of sp³-hybridized carbons (Fsp3) is 0.333. The molecule has 0 saturated heterocycles. The summed E-state index contributed by atoms with van der Waals surface area (Å²) in [5, 5.41) is 6.06. The van der Waals surface area contributed by atoms with Crippen LogP contribution in [0.4, 0.5) is 13.2 Å². The maximum absolute atomic E-state index is 11.8. The monoisotopic (exact) mass is 293 g/mol. The van der Waals surface area contributed by atoms with Gasteiger partial charge in [0.05, 0.1) is 0 Å². The van der Waals surface area contributed by atoms with Gasteiger partial charge in [0, 0.05) is 0 Å². The summed E-state index contributed by atoms with van der Waals surface area (Å²) >= 11 is 5.53. The molecule has 0 aromatic carbocycles. The minimum absolute atomic E-state index is 0.0230. The molecule has 0 aliphatic heterocycles. The van der Waals surface area contributed by atoms with E-state index in [1.807, 2.05) is 0 Å². The third kappa shape index (κ3) is 1.92. The molecule has 0 aliphatic carbocycles. The lowest BCUT2D eigenvalue weighted by molar-refractivity contribution is -0.221. The predicted octanol–water partition coefficient (Wildman–Crippen LogP) is 2.28. The summed E-state index contributed by atoms with van der Waals surface area (Å²) in [5.41, 5.74) is 0. The van der Waals surface area contributed by atoms with Crippen molar-refractivity contribution in [3.05, 3.63) is 9.21 Å². The van der Waals surface area contributed by atoms with Gasteiger partial charge in [-0.15, -0.1) is 23.4 Å². The van der Waals surface area contributed by atoms with Crippen LogP contribution in [0, 0.1) is 0 Å². The summed E-state index contributed by atoms with van der Waals surface area (Å²) in [6.07, 6.45) is -4.56. The van der Waals surface area contributed by atoms with E-state index in [0.717, 1.165) is 0 Å². The Labute approximate surface area is 75.8 Å². The first-order valence-corrected chi connectivity index (χ1v) is 3.85. The van der Waals surface area contributed by atoms with Crippen LogP contribution in [-0.2, 0) is 6.30 Å². The van der Waals surface area contributed by atoms with Crippen LogP contribution < -0.4 is 0 Å². The zero-order valence-corrected chi connectivity index (χ0v) is 7.90. The largest absolute Gasteiger partial charge is 0.521 e. The van der Waals surface area contributed by atoms with Crippen molar-refractivity contribution in [1.29, 1.82) is 0 Å². The van der Waals surface area contributed by atoms with E-state index in [0.29, 0.717) is 0 Å². The highest BCUT2D eigenvalue weighted by atomic mass is 79.9. The molecule has 0 unspecified atom stereocenters. The van der Waals surface area contributed by atoms with E-state index in [1.165, 1.54) is 0 Å². The van der Waals surface area contributed by atoms with Crippen molar-refractivity contribution in [3.8, 4) is 0 Å². The number of rotatable bonds is 0. The number of halogens is 5. The van der Waals surface area contributed by atoms with Gasteiger partial charge in [0.15, 0.2) is 9.21 Å². The van der Waals surface area contributed by atoms with Gasteiger partial charge in [-0.25, -0.2) is 0 Å². The molecule has 0 saturated carbocycles. The van der Waals surface area contributed by atoms with Gasteiger partial charge < -0.3 is 0 Å². The molecule has 11 heavy (non-hydrogen) atoms. The molecule has 0 N–H and O–H groups in total. The van der Waals surface area contributed by atoms with Gasteiger partial charge in [-0.2, -0.15) is 0 Å². The molecular weight excluding hydrogens is 295 g/mol. The fourth-order valence-corrected chi connectivity index (χ4v) is 0.844. The Morgan fingerprint density at radius 1 is 1.09 bits per heavy atom. The molecule has 0 atom stereocenters. The predicted molar refractivity (Wildman–Crippen MR) is 36.7 cm³/mol. The van der Waals surface area contributed by atoms with Crippen molar-refractivity contribution >= 4 is 31.9 Å². The number of alkyl halides is 3. The minimum atomic E-state index is -4.56.